The summed E-state index contributed by atoms with van der Waals surface area (Å²) >= 11 is 0. The number of nitro groups is 1. The predicted molar refractivity (Wildman–Crippen MR) is 117 cm³/mol. The lowest BCUT2D eigenvalue weighted by Gasteiger charge is -2.30. The molecule has 0 aromatic heterocycles. The van der Waals surface area contributed by atoms with Crippen molar-refractivity contribution in [3.63, 3.8) is 0 Å². The zero-order valence-electron chi connectivity index (χ0n) is 16.3. The molecule has 0 bridgehead atoms. The lowest BCUT2D eigenvalue weighted by molar-refractivity contribution is -0.384. The second-order valence-corrected chi connectivity index (χ2v) is 7.41. The van der Waals surface area contributed by atoms with Gasteiger partial charge in [-0.25, -0.2) is 0 Å². The zero-order chi connectivity index (χ0) is 20.1. The van der Waals surface area contributed by atoms with E-state index in [9.17, 15) is 10.1 Å². The summed E-state index contributed by atoms with van der Waals surface area (Å²) in [7, 11) is 0. The molecule has 0 spiro atoms. The fourth-order valence-electron chi connectivity index (χ4n) is 4.04. The molecule has 1 saturated heterocycles. The quantitative estimate of drug-likeness (QED) is 0.419. The fraction of sp³-hybridized carbons (Fsp3) is 0.200. The van der Waals surface area contributed by atoms with Gasteiger partial charge in [-0.05, 0) is 35.1 Å². The van der Waals surface area contributed by atoms with Crippen LogP contribution in [0.25, 0.3) is 5.57 Å². The summed E-state index contributed by atoms with van der Waals surface area (Å²) in [5, 5.41) is 11.0. The summed E-state index contributed by atoms with van der Waals surface area (Å²) in [5.74, 6) is 0. The van der Waals surface area contributed by atoms with Crippen molar-refractivity contribution in [2.75, 3.05) is 13.1 Å². The van der Waals surface area contributed by atoms with E-state index in [0.29, 0.717) is 0 Å². The van der Waals surface area contributed by atoms with E-state index in [1.54, 1.807) is 18.2 Å². The number of nitrogens with zero attached hydrogens (tertiary/aromatic N) is 2. The van der Waals surface area contributed by atoms with Crippen LogP contribution in [0.3, 0.4) is 0 Å². The highest BCUT2D eigenvalue weighted by atomic mass is 16.6. The van der Waals surface area contributed by atoms with Crippen LogP contribution >= 0.6 is 0 Å². The molecule has 0 atom stereocenters. The molecule has 0 saturated carbocycles. The zero-order valence-corrected chi connectivity index (χ0v) is 16.3. The number of nitro benzene ring substituents is 1. The first kappa shape index (κ1) is 19.1. The smallest absolute Gasteiger partial charge is 0.269 e. The number of non-ortho nitro benzene ring substituents is 1. The molecule has 3 aromatic rings. The second kappa shape index (κ2) is 8.84. The van der Waals surface area contributed by atoms with Crippen LogP contribution in [-0.4, -0.2) is 22.9 Å². The molecule has 146 valence electrons. The second-order valence-electron chi connectivity index (χ2n) is 7.41. The molecular weight excluding hydrogens is 360 g/mol. The molecule has 1 fully saturated rings. The van der Waals surface area contributed by atoms with Crippen LogP contribution in [-0.2, 0) is 6.54 Å². The maximum Gasteiger partial charge on any atom is 0.269 e. The number of hydrogen-bond donors (Lipinski definition) is 0. The molecule has 1 aliphatic heterocycles. The Kier molecular flexibility index (Phi) is 5.82. The number of piperidine rings is 1. The van der Waals surface area contributed by atoms with Crippen LogP contribution in [0.5, 0.6) is 0 Å². The summed E-state index contributed by atoms with van der Waals surface area (Å²) in [6.45, 7) is 2.67. The molecule has 29 heavy (non-hydrogen) atoms. The van der Waals surface area contributed by atoms with Crippen molar-refractivity contribution in [2.45, 2.75) is 19.4 Å². The Morgan fingerprint density at radius 3 is 1.97 bits per heavy atom. The number of hydrogen-bond acceptors (Lipinski definition) is 3. The van der Waals surface area contributed by atoms with Gasteiger partial charge in [0.25, 0.3) is 5.69 Å². The van der Waals surface area contributed by atoms with Crippen LogP contribution in [0.1, 0.15) is 29.5 Å². The van der Waals surface area contributed by atoms with Gasteiger partial charge in [-0.3, -0.25) is 15.0 Å². The molecule has 0 radical (unpaired) electrons. The maximum absolute atomic E-state index is 11.0. The molecule has 0 N–H and O–H groups in total. The average molecular weight is 384 g/mol. The topological polar surface area (TPSA) is 46.4 Å². The number of rotatable bonds is 5. The van der Waals surface area contributed by atoms with E-state index in [4.69, 9.17) is 0 Å². The van der Waals surface area contributed by atoms with E-state index >= 15 is 0 Å². The number of benzene rings is 3. The van der Waals surface area contributed by atoms with Crippen LogP contribution < -0.4 is 0 Å². The predicted octanol–water partition coefficient (Wildman–Crippen LogP) is 5.69. The van der Waals surface area contributed by atoms with Crippen molar-refractivity contribution in [1.82, 2.24) is 4.90 Å². The van der Waals surface area contributed by atoms with E-state index in [-0.39, 0.29) is 10.6 Å². The average Bonchev–Trinajstić information content (AvgIpc) is 2.77. The molecule has 1 heterocycles. The third kappa shape index (κ3) is 4.61. The molecule has 0 amide bonds. The van der Waals surface area contributed by atoms with Gasteiger partial charge in [-0.2, -0.15) is 0 Å². The first-order chi connectivity index (χ1) is 14.2. The van der Waals surface area contributed by atoms with E-state index in [0.717, 1.165) is 38.0 Å². The van der Waals surface area contributed by atoms with Crippen molar-refractivity contribution >= 4 is 11.3 Å². The molecule has 3 aromatic carbocycles. The Labute approximate surface area is 171 Å². The summed E-state index contributed by atoms with van der Waals surface area (Å²) < 4.78 is 0. The van der Waals surface area contributed by atoms with Crippen LogP contribution in [0.15, 0.2) is 90.5 Å². The minimum atomic E-state index is -0.327. The summed E-state index contributed by atoms with van der Waals surface area (Å²) in [4.78, 5) is 13.1. The van der Waals surface area contributed by atoms with E-state index in [1.165, 1.54) is 22.3 Å². The van der Waals surface area contributed by atoms with Crippen LogP contribution in [0.4, 0.5) is 5.69 Å². The Bertz CT molecular complexity index is 962. The van der Waals surface area contributed by atoms with Gasteiger partial charge in [-0.15, -0.1) is 0 Å². The standard InChI is InChI=1S/C25H24N2O2/c28-27(29)24-13-7-8-20(18-24)19-26-16-14-23(15-17-26)25(21-9-3-1-4-10-21)22-11-5-2-6-12-22/h1-13,18H,14-17,19H2. The molecule has 1 aliphatic rings. The van der Waals surface area contributed by atoms with Gasteiger partial charge in [0.2, 0.25) is 0 Å². The Hall–Kier alpha value is -3.24. The molecule has 0 aliphatic carbocycles. The highest BCUT2D eigenvalue weighted by molar-refractivity contribution is 5.82. The fourth-order valence-corrected chi connectivity index (χ4v) is 4.04. The molecule has 4 heteroatoms. The molecule has 4 nitrogen and oxygen atoms in total. The Morgan fingerprint density at radius 2 is 1.41 bits per heavy atom. The molecule has 4 rings (SSSR count). The van der Waals surface area contributed by atoms with Gasteiger partial charge in [0.1, 0.15) is 0 Å². The van der Waals surface area contributed by atoms with Crippen LogP contribution in [0.2, 0.25) is 0 Å². The van der Waals surface area contributed by atoms with Crippen molar-refractivity contribution in [2.24, 2.45) is 0 Å². The van der Waals surface area contributed by atoms with Gasteiger partial charge in [-0.1, -0.05) is 78.4 Å². The van der Waals surface area contributed by atoms with E-state index in [2.05, 4.69) is 65.6 Å². The van der Waals surface area contributed by atoms with Gasteiger partial charge >= 0.3 is 0 Å². The van der Waals surface area contributed by atoms with E-state index in [1.807, 2.05) is 6.07 Å². The maximum atomic E-state index is 11.0. The molecular formula is C25H24N2O2. The SMILES string of the molecule is O=[N+]([O-])c1cccc(CN2CCC(=C(c3ccccc3)c3ccccc3)CC2)c1. The lowest BCUT2D eigenvalue weighted by Crippen LogP contribution is -2.30. The van der Waals surface area contributed by atoms with Gasteiger partial charge in [0, 0.05) is 31.8 Å². The highest BCUT2D eigenvalue weighted by Crippen LogP contribution is 2.32. The van der Waals surface area contributed by atoms with Crippen molar-refractivity contribution < 1.29 is 4.92 Å². The van der Waals surface area contributed by atoms with E-state index < -0.39 is 0 Å². The van der Waals surface area contributed by atoms with Crippen molar-refractivity contribution in [3.8, 4) is 0 Å². The first-order valence-corrected chi connectivity index (χ1v) is 9.99. The Balaban J connectivity index is 1.54. The number of likely N-dealkylation sites (tertiary alicyclic amines) is 1. The highest BCUT2D eigenvalue weighted by Gasteiger charge is 2.19. The third-order valence-corrected chi connectivity index (χ3v) is 5.47. The van der Waals surface area contributed by atoms with Gasteiger partial charge in [0.15, 0.2) is 0 Å². The van der Waals surface area contributed by atoms with Crippen molar-refractivity contribution in [1.29, 1.82) is 0 Å². The van der Waals surface area contributed by atoms with Gasteiger partial charge < -0.3 is 0 Å². The van der Waals surface area contributed by atoms with Crippen molar-refractivity contribution in [3.05, 3.63) is 117 Å². The summed E-state index contributed by atoms with van der Waals surface area (Å²) in [6.07, 6.45) is 2.02. The largest absolute Gasteiger partial charge is 0.298 e. The third-order valence-electron chi connectivity index (χ3n) is 5.47. The van der Waals surface area contributed by atoms with Crippen LogP contribution in [0, 0.1) is 10.1 Å². The lowest BCUT2D eigenvalue weighted by atomic mass is 9.88. The normalized spacial score (nSPS) is 14.6. The summed E-state index contributed by atoms with van der Waals surface area (Å²) in [5.41, 5.74) is 6.52. The summed E-state index contributed by atoms with van der Waals surface area (Å²) in [6, 6.07) is 28.2. The monoisotopic (exact) mass is 384 g/mol. The Morgan fingerprint density at radius 1 is 0.828 bits per heavy atom. The minimum Gasteiger partial charge on any atom is -0.298 e. The minimum absolute atomic E-state index is 0.163. The molecule has 0 unspecified atom stereocenters. The first-order valence-electron chi connectivity index (χ1n) is 9.99. The van der Waals surface area contributed by atoms with Gasteiger partial charge in [0.05, 0.1) is 4.92 Å².